The lowest BCUT2D eigenvalue weighted by molar-refractivity contribution is 0.285. The third kappa shape index (κ3) is 4.67. The summed E-state index contributed by atoms with van der Waals surface area (Å²) in [5, 5.41) is 6.18. The molecule has 7 heteroatoms. The number of anilines is 1. The molecular weight excluding hydrogens is 360 g/mol. The van der Waals surface area contributed by atoms with Crippen LogP contribution in [0.1, 0.15) is 19.4 Å². The zero-order chi connectivity index (χ0) is 19.4. The zero-order valence-electron chi connectivity index (χ0n) is 16.0. The summed E-state index contributed by atoms with van der Waals surface area (Å²) < 4.78 is 29.8. The quantitative estimate of drug-likeness (QED) is 0.643. The van der Waals surface area contributed by atoms with E-state index in [4.69, 9.17) is 0 Å². The number of nitrogens with zero attached hydrogens (tertiary/aromatic N) is 3. The number of hydrogen-bond acceptors (Lipinski definition) is 4. The van der Waals surface area contributed by atoms with Gasteiger partial charge in [-0.3, -0.25) is 9.40 Å². The number of aromatic nitrogens is 2. The maximum absolute atomic E-state index is 12.7. The molecule has 0 fully saturated rings. The van der Waals surface area contributed by atoms with E-state index in [-0.39, 0.29) is 4.90 Å². The van der Waals surface area contributed by atoms with E-state index >= 15 is 0 Å². The summed E-state index contributed by atoms with van der Waals surface area (Å²) in [5.41, 5.74) is 1.62. The summed E-state index contributed by atoms with van der Waals surface area (Å²) in [4.78, 5) is 2.54. The Morgan fingerprint density at radius 3 is 2.52 bits per heavy atom. The van der Waals surface area contributed by atoms with Gasteiger partial charge in [0.15, 0.2) is 0 Å². The van der Waals surface area contributed by atoms with Gasteiger partial charge < -0.3 is 4.90 Å². The zero-order valence-corrected chi connectivity index (χ0v) is 16.8. The van der Waals surface area contributed by atoms with E-state index in [9.17, 15) is 8.42 Å². The van der Waals surface area contributed by atoms with Crippen molar-refractivity contribution in [1.29, 1.82) is 0 Å². The van der Waals surface area contributed by atoms with Crippen LogP contribution in [0.15, 0.2) is 53.7 Å². The van der Waals surface area contributed by atoms with Crippen LogP contribution in [0, 0.1) is 6.92 Å². The molecule has 3 rings (SSSR count). The average Bonchev–Trinajstić information content (AvgIpc) is 3.08. The van der Waals surface area contributed by atoms with Crippen LogP contribution >= 0.6 is 0 Å². The first-order chi connectivity index (χ1) is 12.9. The Bertz CT molecular complexity index is 1020. The van der Waals surface area contributed by atoms with Gasteiger partial charge in [-0.15, -0.1) is 0 Å². The molecule has 0 saturated heterocycles. The summed E-state index contributed by atoms with van der Waals surface area (Å²) in [6.45, 7) is 9.83. The lowest BCUT2D eigenvalue weighted by Gasteiger charge is -2.17. The number of nitrogens with one attached hydrogen (secondary N) is 1. The summed E-state index contributed by atoms with van der Waals surface area (Å²) in [6, 6.07) is 11.1. The second kappa shape index (κ2) is 8.10. The van der Waals surface area contributed by atoms with Crippen LogP contribution in [-0.2, 0) is 16.6 Å². The Morgan fingerprint density at radius 1 is 1.07 bits per heavy atom. The molecular formula is C20H26N4O2S. The van der Waals surface area contributed by atoms with Gasteiger partial charge in [0.2, 0.25) is 0 Å². The smallest absolute Gasteiger partial charge is 0.262 e. The summed E-state index contributed by atoms with van der Waals surface area (Å²) in [6.07, 6.45) is 3.27. The van der Waals surface area contributed by atoms with E-state index in [1.807, 2.05) is 31.2 Å². The highest BCUT2D eigenvalue weighted by Gasteiger charge is 2.16. The highest BCUT2D eigenvalue weighted by atomic mass is 32.2. The van der Waals surface area contributed by atoms with Crippen LogP contribution in [0.25, 0.3) is 10.8 Å². The fourth-order valence-corrected chi connectivity index (χ4v) is 4.11. The van der Waals surface area contributed by atoms with Gasteiger partial charge in [-0.1, -0.05) is 43.7 Å². The molecule has 1 N–H and O–H groups in total. The Kier molecular flexibility index (Phi) is 5.82. The Labute approximate surface area is 160 Å². The second-order valence-corrected chi connectivity index (χ2v) is 8.32. The minimum atomic E-state index is -3.66. The topological polar surface area (TPSA) is 67.2 Å². The molecule has 6 nitrogen and oxygen atoms in total. The van der Waals surface area contributed by atoms with Gasteiger partial charge in [0.05, 0.1) is 23.3 Å². The molecule has 0 spiro atoms. The summed E-state index contributed by atoms with van der Waals surface area (Å²) >= 11 is 0. The molecule has 1 aromatic heterocycles. The largest absolute Gasteiger partial charge is 0.302 e. The van der Waals surface area contributed by atoms with Crippen LogP contribution in [0.5, 0.6) is 0 Å². The third-order valence-corrected chi connectivity index (χ3v) is 6.08. The van der Waals surface area contributed by atoms with Crippen LogP contribution in [-0.4, -0.2) is 42.7 Å². The number of rotatable bonds is 8. The molecule has 0 aliphatic heterocycles. The molecule has 144 valence electrons. The van der Waals surface area contributed by atoms with Crippen molar-refractivity contribution in [3.05, 3.63) is 54.4 Å². The predicted octanol–water partition coefficient (Wildman–Crippen LogP) is 3.49. The first kappa shape index (κ1) is 19.4. The number of fused-ring (bicyclic) bond motifs is 1. The Morgan fingerprint density at radius 2 is 1.78 bits per heavy atom. The predicted molar refractivity (Wildman–Crippen MR) is 110 cm³/mol. The molecule has 27 heavy (non-hydrogen) atoms. The van der Waals surface area contributed by atoms with Gasteiger partial charge in [-0.05, 0) is 42.9 Å². The maximum Gasteiger partial charge on any atom is 0.262 e. The van der Waals surface area contributed by atoms with Crippen molar-refractivity contribution >= 4 is 26.5 Å². The van der Waals surface area contributed by atoms with Crippen molar-refractivity contribution in [2.75, 3.05) is 24.4 Å². The number of benzene rings is 2. The molecule has 0 saturated carbocycles. The van der Waals surface area contributed by atoms with Crippen molar-refractivity contribution in [1.82, 2.24) is 14.7 Å². The van der Waals surface area contributed by atoms with E-state index in [1.54, 1.807) is 29.2 Å². The van der Waals surface area contributed by atoms with Crippen molar-refractivity contribution in [2.24, 2.45) is 0 Å². The van der Waals surface area contributed by atoms with E-state index in [0.29, 0.717) is 5.69 Å². The van der Waals surface area contributed by atoms with Crippen molar-refractivity contribution in [2.45, 2.75) is 32.2 Å². The number of sulfonamides is 1. The average molecular weight is 387 g/mol. The van der Waals surface area contributed by atoms with Crippen molar-refractivity contribution in [3.8, 4) is 0 Å². The normalized spacial score (nSPS) is 12.0. The van der Waals surface area contributed by atoms with E-state index in [0.717, 1.165) is 42.5 Å². The molecule has 2 aromatic carbocycles. The fourth-order valence-electron chi connectivity index (χ4n) is 3.05. The third-order valence-electron chi connectivity index (χ3n) is 4.70. The molecule has 1 heterocycles. The van der Waals surface area contributed by atoms with E-state index in [2.05, 4.69) is 28.6 Å². The van der Waals surface area contributed by atoms with Gasteiger partial charge in [-0.25, -0.2) is 8.42 Å². The summed E-state index contributed by atoms with van der Waals surface area (Å²) in [7, 11) is -3.66. The van der Waals surface area contributed by atoms with Gasteiger partial charge in [0.1, 0.15) is 0 Å². The van der Waals surface area contributed by atoms with E-state index < -0.39 is 10.0 Å². The first-order valence-corrected chi connectivity index (χ1v) is 10.7. The van der Waals surface area contributed by atoms with Gasteiger partial charge >= 0.3 is 0 Å². The lowest BCUT2D eigenvalue weighted by atomic mass is 10.1. The second-order valence-electron chi connectivity index (χ2n) is 6.64. The SMILES string of the molecule is CCN(CC)CCn1cc(NS(=O)(=O)c2ccc3cc(C)ccc3c2)cn1. The maximum atomic E-state index is 12.7. The first-order valence-electron chi connectivity index (χ1n) is 9.19. The number of hydrogen-bond donors (Lipinski definition) is 1. The van der Waals surface area contributed by atoms with E-state index in [1.165, 1.54) is 0 Å². The molecule has 0 bridgehead atoms. The molecule has 0 amide bonds. The van der Waals surface area contributed by atoms with Crippen molar-refractivity contribution < 1.29 is 8.42 Å². The molecule has 3 aromatic rings. The molecule has 0 unspecified atom stereocenters. The number of aryl methyl sites for hydroxylation is 1. The monoisotopic (exact) mass is 386 g/mol. The molecule has 0 radical (unpaired) electrons. The van der Waals surface area contributed by atoms with Crippen LogP contribution < -0.4 is 4.72 Å². The molecule has 0 atom stereocenters. The van der Waals surface area contributed by atoms with Crippen LogP contribution in [0.4, 0.5) is 5.69 Å². The van der Waals surface area contributed by atoms with Gasteiger partial charge in [0.25, 0.3) is 10.0 Å². The molecule has 0 aliphatic carbocycles. The molecule has 0 aliphatic rings. The van der Waals surface area contributed by atoms with Crippen molar-refractivity contribution in [3.63, 3.8) is 0 Å². The fraction of sp³-hybridized carbons (Fsp3) is 0.350. The Hall–Kier alpha value is -2.38. The Balaban J connectivity index is 1.74. The minimum absolute atomic E-state index is 0.245. The standard InChI is InChI=1S/C20H26N4O2S/c1-4-23(5-2)10-11-24-15-19(14-21-24)22-27(25,26)20-9-8-17-12-16(3)6-7-18(17)13-20/h6-9,12-15,22H,4-5,10-11H2,1-3H3. The minimum Gasteiger partial charge on any atom is -0.302 e. The van der Waals surface area contributed by atoms with Gasteiger partial charge in [-0.2, -0.15) is 5.10 Å². The number of likely N-dealkylation sites (N-methyl/N-ethyl adjacent to an activating group) is 1. The van der Waals surface area contributed by atoms with Gasteiger partial charge in [0, 0.05) is 12.7 Å². The van der Waals surface area contributed by atoms with Crippen LogP contribution in [0.3, 0.4) is 0 Å². The lowest BCUT2D eigenvalue weighted by Crippen LogP contribution is -2.27. The highest BCUT2D eigenvalue weighted by molar-refractivity contribution is 7.92. The van der Waals surface area contributed by atoms with Crippen LogP contribution in [0.2, 0.25) is 0 Å². The summed E-state index contributed by atoms with van der Waals surface area (Å²) in [5.74, 6) is 0. The highest BCUT2D eigenvalue weighted by Crippen LogP contribution is 2.22.